The number of rotatable bonds is 7. The highest BCUT2D eigenvalue weighted by Crippen LogP contribution is 2.55. The van der Waals surface area contributed by atoms with Crippen LogP contribution in [0.1, 0.15) is 12.8 Å². The Balaban J connectivity index is 5.49. The van der Waals surface area contributed by atoms with Crippen molar-refractivity contribution in [3.63, 3.8) is 0 Å². The fraction of sp³-hybridized carbons (Fsp3) is 1.00. The maximum atomic E-state index is 12.8. The average molecular weight is 310 g/mol. The second kappa shape index (κ2) is 5.33. The highest BCUT2D eigenvalue weighted by Gasteiger charge is 2.82. The molecule has 0 bridgehead atoms. The first-order chi connectivity index (χ1) is 8.25. The van der Waals surface area contributed by atoms with Crippen LogP contribution in [0.25, 0.3) is 0 Å². The Morgan fingerprint density at radius 2 is 1.21 bits per heavy atom. The quantitative estimate of drug-likeness (QED) is 0.713. The molecule has 0 aliphatic carbocycles. The molecule has 11 heteroatoms. The van der Waals surface area contributed by atoms with Crippen molar-refractivity contribution in [2.75, 3.05) is 6.61 Å². The second-order valence-electron chi connectivity index (χ2n) is 3.60. The fourth-order valence-corrected chi connectivity index (χ4v) is 1.03. The number of alkyl halides is 10. The van der Waals surface area contributed by atoms with Gasteiger partial charge in [-0.1, -0.05) is 0 Å². The Morgan fingerprint density at radius 3 is 1.53 bits per heavy atom. The fourth-order valence-electron chi connectivity index (χ4n) is 1.03. The molecular formula is C8H8F10O. The minimum Gasteiger partial charge on any atom is -0.396 e. The van der Waals surface area contributed by atoms with Crippen molar-refractivity contribution in [2.45, 2.75) is 43.0 Å². The molecule has 0 aliphatic rings. The van der Waals surface area contributed by atoms with E-state index in [-0.39, 0.29) is 0 Å². The molecule has 0 fully saturated rings. The Morgan fingerprint density at radius 1 is 0.789 bits per heavy atom. The highest BCUT2D eigenvalue weighted by atomic mass is 19.4. The van der Waals surface area contributed by atoms with Gasteiger partial charge >= 0.3 is 30.1 Å². The zero-order valence-electron chi connectivity index (χ0n) is 8.93. The normalized spacial score (nSPS) is 15.2. The van der Waals surface area contributed by atoms with Gasteiger partial charge in [0.2, 0.25) is 0 Å². The molecular weight excluding hydrogens is 302 g/mol. The number of aliphatic hydroxyl groups excluding tert-OH is 1. The topological polar surface area (TPSA) is 20.2 Å². The molecule has 0 unspecified atom stereocenters. The lowest BCUT2D eigenvalue weighted by atomic mass is 9.96. The summed E-state index contributed by atoms with van der Waals surface area (Å²) in [5, 5.41) is 8.11. The van der Waals surface area contributed by atoms with Crippen LogP contribution in [0.3, 0.4) is 0 Å². The van der Waals surface area contributed by atoms with Crippen molar-refractivity contribution in [3.8, 4) is 0 Å². The molecule has 0 aliphatic heterocycles. The van der Waals surface area contributed by atoms with E-state index in [2.05, 4.69) is 0 Å². The molecule has 116 valence electrons. The van der Waals surface area contributed by atoms with E-state index in [0.29, 0.717) is 0 Å². The van der Waals surface area contributed by atoms with Gasteiger partial charge in [0.1, 0.15) is 0 Å². The first-order valence-electron chi connectivity index (χ1n) is 4.66. The lowest BCUT2D eigenvalue weighted by molar-refractivity contribution is -0.384. The summed E-state index contributed by atoms with van der Waals surface area (Å²) in [6.07, 6.45) is -8.41. The number of hydrogen-bond donors (Lipinski definition) is 1. The highest BCUT2D eigenvalue weighted by molar-refractivity contribution is 5.04. The first-order valence-corrected chi connectivity index (χ1v) is 4.66. The summed E-state index contributed by atoms with van der Waals surface area (Å²) in [4.78, 5) is 0. The van der Waals surface area contributed by atoms with Crippen LogP contribution in [0, 0.1) is 0 Å². The van der Waals surface area contributed by atoms with Gasteiger partial charge < -0.3 is 5.11 Å². The predicted octanol–water partition coefficient (Wildman–Crippen LogP) is 3.57. The third kappa shape index (κ3) is 2.90. The van der Waals surface area contributed by atoms with E-state index in [1.807, 2.05) is 0 Å². The van der Waals surface area contributed by atoms with Crippen LogP contribution in [-0.4, -0.2) is 41.8 Å². The van der Waals surface area contributed by atoms with Crippen LogP contribution in [0.2, 0.25) is 0 Å². The summed E-state index contributed by atoms with van der Waals surface area (Å²) in [6.45, 7) is -1.09. The van der Waals surface area contributed by atoms with Crippen molar-refractivity contribution in [2.24, 2.45) is 0 Å². The van der Waals surface area contributed by atoms with Crippen molar-refractivity contribution in [1.29, 1.82) is 0 Å². The smallest absolute Gasteiger partial charge is 0.384 e. The van der Waals surface area contributed by atoms with Gasteiger partial charge in [-0.05, 0) is 6.42 Å². The molecule has 1 N–H and O–H groups in total. The maximum absolute atomic E-state index is 12.8. The molecule has 0 saturated carbocycles. The summed E-state index contributed by atoms with van der Waals surface area (Å²) >= 11 is 0. The van der Waals surface area contributed by atoms with Gasteiger partial charge in [0.15, 0.2) is 0 Å². The van der Waals surface area contributed by atoms with Gasteiger partial charge in [-0.15, -0.1) is 0 Å². The van der Waals surface area contributed by atoms with E-state index < -0.39 is 49.6 Å². The van der Waals surface area contributed by atoms with E-state index in [0.717, 1.165) is 0 Å². The number of aliphatic hydroxyl groups is 1. The van der Waals surface area contributed by atoms with Gasteiger partial charge in [-0.25, -0.2) is 8.78 Å². The Labute approximate surface area is 99.7 Å². The zero-order valence-corrected chi connectivity index (χ0v) is 8.93. The molecule has 0 aromatic heterocycles. The maximum Gasteiger partial charge on any atom is 0.384 e. The minimum atomic E-state index is -6.95. The second-order valence-corrected chi connectivity index (χ2v) is 3.60. The van der Waals surface area contributed by atoms with Gasteiger partial charge in [0, 0.05) is 13.0 Å². The number of hydrogen-bond acceptors (Lipinski definition) is 1. The molecule has 0 atom stereocenters. The average Bonchev–Trinajstić information content (AvgIpc) is 2.25. The summed E-state index contributed by atoms with van der Waals surface area (Å²) in [7, 11) is 0. The Hall–Kier alpha value is -0.740. The van der Waals surface area contributed by atoms with Crippen molar-refractivity contribution in [1.82, 2.24) is 0 Å². The Bertz CT molecular complexity index is 300. The lowest BCUT2D eigenvalue weighted by Crippen LogP contribution is -2.64. The van der Waals surface area contributed by atoms with E-state index in [1.165, 1.54) is 0 Å². The Kier molecular flexibility index (Phi) is 5.12. The standard InChI is InChI=1S/C8H8F10O/c9-4(10)6(13,14)8(17,18)7(15,16)5(11,12)2-1-3-19/h4,19H,1-3H2. The van der Waals surface area contributed by atoms with Crippen molar-refractivity contribution >= 4 is 0 Å². The minimum absolute atomic E-state index is 1.09. The molecule has 0 aromatic carbocycles. The van der Waals surface area contributed by atoms with Crippen LogP contribution in [-0.2, 0) is 0 Å². The van der Waals surface area contributed by atoms with E-state index in [4.69, 9.17) is 5.11 Å². The largest absolute Gasteiger partial charge is 0.396 e. The van der Waals surface area contributed by atoms with E-state index in [9.17, 15) is 43.9 Å². The van der Waals surface area contributed by atoms with Crippen LogP contribution in [0.5, 0.6) is 0 Å². The van der Waals surface area contributed by atoms with E-state index >= 15 is 0 Å². The molecule has 0 spiro atoms. The van der Waals surface area contributed by atoms with Crippen molar-refractivity contribution in [3.05, 3.63) is 0 Å². The summed E-state index contributed by atoms with van der Waals surface area (Å²) < 4.78 is 124. The summed E-state index contributed by atoms with van der Waals surface area (Å²) in [5.41, 5.74) is 0. The summed E-state index contributed by atoms with van der Waals surface area (Å²) in [5.74, 6) is -26.0. The van der Waals surface area contributed by atoms with Gasteiger partial charge in [-0.3, -0.25) is 0 Å². The van der Waals surface area contributed by atoms with Gasteiger partial charge in [0.05, 0.1) is 0 Å². The number of halogens is 10. The van der Waals surface area contributed by atoms with E-state index in [1.54, 1.807) is 0 Å². The summed E-state index contributed by atoms with van der Waals surface area (Å²) in [6, 6.07) is 0. The van der Waals surface area contributed by atoms with Crippen LogP contribution in [0.15, 0.2) is 0 Å². The van der Waals surface area contributed by atoms with Gasteiger partial charge in [0.25, 0.3) is 0 Å². The molecule has 0 aromatic rings. The third-order valence-electron chi connectivity index (χ3n) is 2.20. The molecule has 0 amide bonds. The lowest BCUT2D eigenvalue weighted by Gasteiger charge is -2.36. The zero-order chi connectivity index (χ0) is 15.7. The molecule has 0 rings (SSSR count). The third-order valence-corrected chi connectivity index (χ3v) is 2.20. The molecule has 0 heterocycles. The van der Waals surface area contributed by atoms with Crippen LogP contribution in [0.4, 0.5) is 43.9 Å². The molecule has 19 heavy (non-hydrogen) atoms. The van der Waals surface area contributed by atoms with Crippen molar-refractivity contribution < 1.29 is 49.0 Å². The molecule has 0 radical (unpaired) electrons. The van der Waals surface area contributed by atoms with Crippen LogP contribution >= 0.6 is 0 Å². The van der Waals surface area contributed by atoms with Gasteiger partial charge in [-0.2, -0.15) is 35.1 Å². The predicted molar refractivity (Wildman–Crippen MR) is 42.1 cm³/mol. The molecule has 0 saturated heterocycles. The SMILES string of the molecule is OCCCC(F)(F)C(F)(F)C(F)(F)C(F)(F)C(F)F. The van der Waals surface area contributed by atoms with Crippen LogP contribution < -0.4 is 0 Å². The molecule has 1 nitrogen and oxygen atoms in total. The monoisotopic (exact) mass is 310 g/mol. The first kappa shape index (κ1) is 18.3.